The number of nitrogens with one attached hydrogen (secondary N) is 1. The predicted octanol–water partition coefficient (Wildman–Crippen LogP) is 1.68. The van der Waals surface area contributed by atoms with Gasteiger partial charge in [0, 0.05) is 32.1 Å². The van der Waals surface area contributed by atoms with E-state index in [1.165, 1.54) is 0 Å². The summed E-state index contributed by atoms with van der Waals surface area (Å²) in [6.45, 7) is 8.70. The van der Waals surface area contributed by atoms with E-state index >= 15 is 0 Å². The molecule has 1 aromatic heterocycles. The zero-order valence-electron chi connectivity index (χ0n) is 11.6. The lowest BCUT2D eigenvalue weighted by Gasteiger charge is -2.23. The lowest BCUT2D eigenvalue weighted by Crippen LogP contribution is -2.28. The first-order valence-electron chi connectivity index (χ1n) is 6.72. The highest BCUT2D eigenvalue weighted by molar-refractivity contribution is 5.49. The van der Waals surface area contributed by atoms with Crippen molar-refractivity contribution in [1.29, 1.82) is 0 Å². The molecule has 1 aromatic rings. The molecule has 0 aromatic carbocycles. The average molecular weight is 252 g/mol. The predicted molar refractivity (Wildman–Crippen MR) is 75.2 cm³/mol. The fraction of sp³-hybridized carbons (Fsp3) is 0.692. The quantitative estimate of drug-likeness (QED) is 0.737. The molecule has 0 amide bonds. The molecular formula is C13H24N4O. The monoisotopic (exact) mass is 252 g/mol. The molecule has 0 atom stereocenters. The molecular weight excluding hydrogens is 228 g/mol. The molecule has 0 aliphatic rings. The van der Waals surface area contributed by atoms with Crippen LogP contribution in [0.15, 0.2) is 6.07 Å². The Labute approximate surface area is 109 Å². The third-order valence-corrected chi connectivity index (χ3v) is 2.62. The van der Waals surface area contributed by atoms with Crippen molar-refractivity contribution in [2.24, 2.45) is 0 Å². The van der Waals surface area contributed by atoms with Crippen LogP contribution in [0.2, 0.25) is 0 Å². The molecule has 0 aliphatic heterocycles. The molecule has 5 nitrogen and oxygen atoms in total. The Morgan fingerprint density at radius 2 is 2.00 bits per heavy atom. The van der Waals surface area contributed by atoms with Gasteiger partial charge in [0.15, 0.2) is 0 Å². The summed E-state index contributed by atoms with van der Waals surface area (Å²) in [6.07, 6.45) is 1.84. The van der Waals surface area contributed by atoms with Crippen molar-refractivity contribution in [3.8, 4) is 0 Å². The first-order valence-corrected chi connectivity index (χ1v) is 6.72. The molecule has 2 N–H and O–H groups in total. The van der Waals surface area contributed by atoms with E-state index in [0.29, 0.717) is 6.54 Å². The van der Waals surface area contributed by atoms with E-state index in [4.69, 9.17) is 5.11 Å². The van der Waals surface area contributed by atoms with Crippen LogP contribution in [0.3, 0.4) is 0 Å². The summed E-state index contributed by atoms with van der Waals surface area (Å²) in [5.41, 5.74) is 0. The number of hydrogen-bond acceptors (Lipinski definition) is 5. The Kier molecular flexibility index (Phi) is 6.43. The van der Waals surface area contributed by atoms with Gasteiger partial charge >= 0.3 is 0 Å². The van der Waals surface area contributed by atoms with Crippen LogP contribution in [0.1, 0.15) is 33.0 Å². The lowest BCUT2D eigenvalue weighted by molar-refractivity contribution is 0.301. The van der Waals surface area contributed by atoms with Crippen molar-refractivity contribution < 1.29 is 5.11 Å². The highest BCUT2D eigenvalue weighted by atomic mass is 16.3. The average Bonchev–Trinajstić information content (AvgIpc) is 2.38. The Bertz CT molecular complexity index is 351. The van der Waals surface area contributed by atoms with E-state index in [9.17, 15) is 0 Å². The highest BCUT2D eigenvalue weighted by Gasteiger charge is 2.10. The Balaban J connectivity index is 2.99. The third kappa shape index (κ3) is 4.14. The van der Waals surface area contributed by atoms with Crippen LogP contribution < -0.4 is 10.2 Å². The van der Waals surface area contributed by atoms with Crippen molar-refractivity contribution in [2.45, 2.75) is 33.6 Å². The second-order valence-corrected chi connectivity index (χ2v) is 4.12. The van der Waals surface area contributed by atoms with Crippen molar-refractivity contribution in [2.75, 3.05) is 36.5 Å². The van der Waals surface area contributed by atoms with Gasteiger partial charge in [-0.25, -0.2) is 9.97 Å². The summed E-state index contributed by atoms with van der Waals surface area (Å²) in [5.74, 6) is 2.59. The molecule has 0 radical (unpaired) electrons. The standard InChI is InChI=1S/C13H24N4O/c1-4-7-17(8-9-18)13-10-12(14-6-3)15-11(5-2)16-13/h10,18H,4-9H2,1-3H3,(H,14,15,16). The molecule has 5 heteroatoms. The maximum atomic E-state index is 9.12. The number of nitrogens with zero attached hydrogens (tertiary/aromatic N) is 3. The second-order valence-electron chi connectivity index (χ2n) is 4.12. The Morgan fingerprint density at radius 1 is 1.22 bits per heavy atom. The number of rotatable bonds is 8. The van der Waals surface area contributed by atoms with Crippen LogP contribution in [0, 0.1) is 0 Å². The molecule has 1 rings (SSSR count). The number of anilines is 2. The molecule has 0 unspecified atom stereocenters. The number of aryl methyl sites for hydroxylation is 1. The summed E-state index contributed by atoms with van der Waals surface area (Å²) in [4.78, 5) is 11.1. The first-order chi connectivity index (χ1) is 8.74. The topological polar surface area (TPSA) is 61.3 Å². The van der Waals surface area contributed by atoms with Crippen molar-refractivity contribution in [1.82, 2.24) is 9.97 Å². The number of aromatic nitrogens is 2. The van der Waals surface area contributed by atoms with Gasteiger partial charge in [0.05, 0.1) is 6.61 Å². The largest absolute Gasteiger partial charge is 0.395 e. The second kappa shape index (κ2) is 7.87. The van der Waals surface area contributed by atoms with Crippen molar-refractivity contribution in [3.05, 3.63) is 11.9 Å². The zero-order valence-corrected chi connectivity index (χ0v) is 11.6. The van der Waals surface area contributed by atoms with Gasteiger partial charge in [-0.2, -0.15) is 0 Å². The Morgan fingerprint density at radius 3 is 2.56 bits per heavy atom. The number of hydrogen-bond donors (Lipinski definition) is 2. The van der Waals surface area contributed by atoms with E-state index in [0.717, 1.165) is 43.4 Å². The smallest absolute Gasteiger partial charge is 0.134 e. The number of aliphatic hydroxyl groups is 1. The molecule has 0 spiro atoms. The zero-order chi connectivity index (χ0) is 13.4. The van der Waals surface area contributed by atoms with Crippen LogP contribution in [-0.2, 0) is 6.42 Å². The van der Waals surface area contributed by atoms with Gasteiger partial charge in [0.2, 0.25) is 0 Å². The molecule has 0 aliphatic carbocycles. The van der Waals surface area contributed by atoms with Crippen LogP contribution in [0.25, 0.3) is 0 Å². The maximum Gasteiger partial charge on any atom is 0.134 e. The molecule has 0 bridgehead atoms. The fourth-order valence-electron chi connectivity index (χ4n) is 1.81. The van der Waals surface area contributed by atoms with Crippen LogP contribution in [0.4, 0.5) is 11.6 Å². The minimum atomic E-state index is 0.141. The van der Waals surface area contributed by atoms with Crippen molar-refractivity contribution >= 4 is 11.6 Å². The third-order valence-electron chi connectivity index (χ3n) is 2.62. The van der Waals surface area contributed by atoms with Gasteiger partial charge in [-0.3, -0.25) is 0 Å². The maximum absolute atomic E-state index is 9.12. The molecule has 0 fully saturated rings. The Hall–Kier alpha value is -1.36. The minimum Gasteiger partial charge on any atom is -0.395 e. The summed E-state index contributed by atoms with van der Waals surface area (Å²) in [5, 5.41) is 12.3. The van der Waals surface area contributed by atoms with E-state index < -0.39 is 0 Å². The fourth-order valence-corrected chi connectivity index (χ4v) is 1.81. The van der Waals surface area contributed by atoms with Crippen LogP contribution >= 0.6 is 0 Å². The molecule has 18 heavy (non-hydrogen) atoms. The van der Waals surface area contributed by atoms with Crippen LogP contribution in [0.5, 0.6) is 0 Å². The summed E-state index contributed by atoms with van der Waals surface area (Å²) in [7, 11) is 0. The SMILES string of the molecule is CCCN(CCO)c1cc(NCC)nc(CC)n1. The van der Waals surface area contributed by atoms with Crippen LogP contribution in [-0.4, -0.2) is 41.3 Å². The van der Waals surface area contributed by atoms with E-state index in [1.54, 1.807) is 0 Å². The molecule has 0 saturated heterocycles. The molecule has 0 saturated carbocycles. The van der Waals surface area contributed by atoms with E-state index in [-0.39, 0.29) is 6.61 Å². The van der Waals surface area contributed by atoms with Gasteiger partial charge in [-0.05, 0) is 13.3 Å². The first kappa shape index (κ1) is 14.7. The van der Waals surface area contributed by atoms with Gasteiger partial charge in [0.25, 0.3) is 0 Å². The van der Waals surface area contributed by atoms with Crippen molar-refractivity contribution in [3.63, 3.8) is 0 Å². The number of aliphatic hydroxyl groups excluding tert-OH is 1. The lowest BCUT2D eigenvalue weighted by atomic mass is 10.3. The normalized spacial score (nSPS) is 10.4. The summed E-state index contributed by atoms with van der Waals surface area (Å²) < 4.78 is 0. The minimum absolute atomic E-state index is 0.141. The van der Waals surface area contributed by atoms with Gasteiger partial charge < -0.3 is 15.3 Å². The van der Waals surface area contributed by atoms with E-state index in [1.807, 2.05) is 19.9 Å². The van der Waals surface area contributed by atoms with Gasteiger partial charge in [0.1, 0.15) is 17.5 Å². The van der Waals surface area contributed by atoms with Gasteiger partial charge in [-0.15, -0.1) is 0 Å². The summed E-state index contributed by atoms with van der Waals surface area (Å²) in [6, 6.07) is 1.95. The summed E-state index contributed by atoms with van der Waals surface area (Å²) >= 11 is 0. The molecule has 1 heterocycles. The van der Waals surface area contributed by atoms with Gasteiger partial charge in [-0.1, -0.05) is 13.8 Å². The van der Waals surface area contributed by atoms with E-state index in [2.05, 4.69) is 27.1 Å². The molecule has 102 valence electrons. The highest BCUT2D eigenvalue weighted by Crippen LogP contribution is 2.16.